The average Bonchev–Trinajstić information content (AvgIpc) is 2.55. The van der Waals surface area contributed by atoms with Crippen LogP contribution in [0.25, 0.3) is 0 Å². The molecule has 100 valence electrons. The van der Waals surface area contributed by atoms with Crippen molar-refractivity contribution in [2.45, 2.75) is 46.3 Å². The van der Waals surface area contributed by atoms with Gasteiger partial charge in [0.05, 0.1) is 6.61 Å². The standard InChI is InChI=1S/C15H22O3/c1-9-7-11(16)12-14(2,3)5-4-6-15(12)10(9)8-18-13(15)17/h7,10,12-13,17H,4-6,8H2,1-3H3/t10-,12?,13+,15-/m0/s1. The molecule has 0 amide bonds. The number of carbonyl (C=O) groups excluding carboxylic acids is 1. The van der Waals surface area contributed by atoms with Crippen molar-refractivity contribution in [3.63, 3.8) is 0 Å². The van der Waals surface area contributed by atoms with Gasteiger partial charge in [-0.05, 0) is 31.3 Å². The predicted octanol–water partition coefficient (Wildman–Crippen LogP) is 2.29. The molecule has 1 unspecified atom stereocenters. The lowest BCUT2D eigenvalue weighted by Gasteiger charge is -2.54. The lowest BCUT2D eigenvalue weighted by atomic mass is 9.48. The van der Waals surface area contributed by atoms with E-state index in [1.54, 1.807) is 6.08 Å². The minimum atomic E-state index is -0.778. The summed E-state index contributed by atoms with van der Waals surface area (Å²) in [5.74, 6) is 0.317. The third-order valence-electron chi connectivity index (χ3n) is 5.48. The molecule has 0 aromatic carbocycles. The second-order valence-corrected chi connectivity index (χ2v) is 6.92. The van der Waals surface area contributed by atoms with Crippen molar-refractivity contribution >= 4 is 5.78 Å². The highest BCUT2D eigenvalue weighted by Gasteiger charge is 2.64. The van der Waals surface area contributed by atoms with Gasteiger partial charge in [0.2, 0.25) is 0 Å². The number of ketones is 1. The Morgan fingerprint density at radius 1 is 1.39 bits per heavy atom. The molecule has 1 saturated carbocycles. The molecule has 3 aliphatic rings. The minimum absolute atomic E-state index is 0.0422. The fourth-order valence-electron chi connectivity index (χ4n) is 4.79. The molecular weight excluding hydrogens is 228 g/mol. The quantitative estimate of drug-likeness (QED) is 0.717. The normalized spacial score (nSPS) is 46.3. The second-order valence-electron chi connectivity index (χ2n) is 6.92. The van der Waals surface area contributed by atoms with Crippen LogP contribution < -0.4 is 0 Å². The van der Waals surface area contributed by atoms with Crippen molar-refractivity contribution < 1.29 is 14.6 Å². The highest BCUT2D eigenvalue weighted by Crippen LogP contribution is 2.62. The molecule has 3 nitrogen and oxygen atoms in total. The Morgan fingerprint density at radius 3 is 2.83 bits per heavy atom. The van der Waals surface area contributed by atoms with Crippen LogP contribution in [0.2, 0.25) is 0 Å². The smallest absolute Gasteiger partial charge is 0.161 e. The Labute approximate surface area is 108 Å². The van der Waals surface area contributed by atoms with Gasteiger partial charge in [0.1, 0.15) is 0 Å². The van der Waals surface area contributed by atoms with Crippen LogP contribution in [0.5, 0.6) is 0 Å². The Bertz CT molecular complexity index is 423. The van der Waals surface area contributed by atoms with Crippen molar-refractivity contribution in [2.24, 2.45) is 22.7 Å². The number of aliphatic hydroxyl groups excluding tert-OH is 1. The number of allylic oxidation sites excluding steroid dienone is 1. The first-order valence-electron chi connectivity index (χ1n) is 6.91. The van der Waals surface area contributed by atoms with Crippen LogP contribution in [-0.4, -0.2) is 23.8 Å². The molecule has 0 aromatic heterocycles. The second kappa shape index (κ2) is 3.67. The molecule has 2 aliphatic carbocycles. The van der Waals surface area contributed by atoms with Gasteiger partial charge in [-0.25, -0.2) is 0 Å². The van der Waals surface area contributed by atoms with Gasteiger partial charge in [0, 0.05) is 17.3 Å². The van der Waals surface area contributed by atoms with E-state index < -0.39 is 6.29 Å². The lowest BCUT2D eigenvalue weighted by Crippen LogP contribution is -2.56. The Morgan fingerprint density at radius 2 is 2.11 bits per heavy atom. The van der Waals surface area contributed by atoms with Crippen molar-refractivity contribution in [1.29, 1.82) is 0 Å². The van der Waals surface area contributed by atoms with Crippen LogP contribution in [0.3, 0.4) is 0 Å². The van der Waals surface area contributed by atoms with E-state index in [2.05, 4.69) is 13.8 Å². The predicted molar refractivity (Wildman–Crippen MR) is 67.8 cm³/mol. The summed E-state index contributed by atoms with van der Waals surface area (Å²) < 4.78 is 5.53. The summed E-state index contributed by atoms with van der Waals surface area (Å²) in [6.45, 7) is 6.88. The Kier molecular flexibility index (Phi) is 2.52. The Balaban J connectivity index is 2.17. The summed E-state index contributed by atoms with van der Waals surface area (Å²) in [5.41, 5.74) is 0.683. The molecule has 0 radical (unpaired) electrons. The van der Waals surface area contributed by atoms with Gasteiger partial charge >= 0.3 is 0 Å². The fourth-order valence-corrected chi connectivity index (χ4v) is 4.79. The van der Waals surface area contributed by atoms with Crippen LogP contribution in [-0.2, 0) is 9.53 Å². The van der Waals surface area contributed by atoms with E-state index in [4.69, 9.17) is 4.74 Å². The van der Waals surface area contributed by atoms with Crippen molar-refractivity contribution in [1.82, 2.24) is 0 Å². The molecule has 18 heavy (non-hydrogen) atoms. The first-order valence-corrected chi connectivity index (χ1v) is 6.91. The number of hydrogen-bond acceptors (Lipinski definition) is 3. The van der Waals surface area contributed by atoms with Gasteiger partial charge < -0.3 is 9.84 Å². The van der Waals surface area contributed by atoms with E-state index in [9.17, 15) is 9.90 Å². The number of ether oxygens (including phenoxy) is 1. The van der Waals surface area contributed by atoms with Crippen molar-refractivity contribution in [2.75, 3.05) is 6.61 Å². The van der Waals surface area contributed by atoms with E-state index in [1.165, 1.54) is 0 Å². The van der Waals surface area contributed by atoms with Crippen LogP contribution in [0, 0.1) is 22.7 Å². The van der Waals surface area contributed by atoms with Gasteiger partial charge in [-0.2, -0.15) is 0 Å². The molecule has 2 fully saturated rings. The van der Waals surface area contributed by atoms with Crippen LogP contribution in [0.1, 0.15) is 40.0 Å². The van der Waals surface area contributed by atoms with Crippen LogP contribution >= 0.6 is 0 Å². The number of carbonyl (C=O) groups is 1. The van der Waals surface area contributed by atoms with Gasteiger partial charge in [-0.15, -0.1) is 0 Å². The van der Waals surface area contributed by atoms with E-state index in [0.29, 0.717) is 6.61 Å². The van der Waals surface area contributed by atoms with E-state index >= 15 is 0 Å². The zero-order valence-corrected chi connectivity index (χ0v) is 11.4. The van der Waals surface area contributed by atoms with Crippen LogP contribution in [0.4, 0.5) is 0 Å². The summed E-state index contributed by atoms with van der Waals surface area (Å²) in [7, 11) is 0. The summed E-state index contributed by atoms with van der Waals surface area (Å²) in [4.78, 5) is 12.5. The van der Waals surface area contributed by atoms with Crippen molar-refractivity contribution in [3.05, 3.63) is 11.6 Å². The van der Waals surface area contributed by atoms with E-state index in [1.807, 2.05) is 6.92 Å². The summed E-state index contributed by atoms with van der Waals surface area (Å²) in [5, 5.41) is 10.4. The third kappa shape index (κ3) is 1.35. The number of aliphatic hydroxyl groups is 1. The molecule has 4 atom stereocenters. The molecule has 1 heterocycles. The maximum Gasteiger partial charge on any atom is 0.161 e. The first kappa shape index (κ1) is 12.4. The maximum absolute atomic E-state index is 12.5. The Hall–Kier alpha value is -0.670. The number of rotatable bonds is 0. The SMILES string of the molecule is CC1=CC(=O)C2C(C)(C)CCC[C@@]23[C@H](O)OC[C@@H]13. The molecule has 1 N–H and O–H groups in total. The largest absolute Gasteiger partial charge is 0.367 e. The third-order valence-corrected chi connectivity index (χ3v) is 5.48. The molecule has 3 heteroatoms. The molecule has 1 saturated heterocycles. The van der Waals surface area contributed by atoms with Crippen LogP contribution in [0.15, 0.2) is 11.6 Å². The van der Waals surface area contributed by atoms with Gasteiger partial charge in [0.15, 0.2) is 12.1 Å². The molecule has 3 rings (SSSR count). The van der Waals surface area contributed by atoms with E-state index in [0.717, 1.165) is 24.8 Å². The summed E-state index contributed by atoms with van der Waals surface area (Å²) in [6, 6.07) is 0. The van der Waals surface area contributed by atoms with Crippen molar-refractivity contribution in [3.8, 4) is 0 Å². The number of hydrogen-bond donors (Lipinski definition) is 1. The van der Waals surface area contributed by atoms with Gasteiger partial charge in [-0.3, -0.25) is 4.79 Å². The zero-order chi connectivity index (χ0) is 13.1. The minimum Gasteiger partial charge on any atom is -0.367 e. The van der Waals surface area contributed by atoms with E-state index in [-0.39, 0.29) is 28.4 Å². The maximum atomic E-state index is 12.5. The molecule has 0 aromatic rings. The summed E-state index contributed by atoms with van der Waals surface area (Å²) >= 11 is 0. The fraction of sp³-hybridized carbons (Fsp3) is 0.800. The van der Waals surface area contributed by atoms with Gasteiger partial charge in [0.25, 0.3) is 0 Å². The molecule has 1 spiro atoms. The zero-order valence-electron chi connectivity index (χ0n) is 11.4. The molecule has 0 bridgehead atoms. The monoisotopic (exact) mass is 250 g/mol. The molecular formula is C15H22O3. The average molecular weight is 250 g/mol. The topological polar surface area (TPSA) is 46.5 Å². The highest BCUT2D eigenvalue weighted by molar-refractivity contribution is 5.95. The van der Waals surface area contributed by atoms with Gasteiger partial charge in [-0.1, -0.05) is 25.8 Å². The first-order chi connectivity index (χ1) is 8.39. The lowest BCUT2D eigenvalue weighted by molar-refractivity contribution is -0.179. The summed E-state index contributed by atoms with van der Waals surface area (Å²) in [6.07, 6.45) is 4.05. The molecule has 1 aliphatic heterocycles. The highest BCUT2D eigenvalue weighted by atomic mass is 16.6.